The number of nitrogens with zero attached hydrogens (tertiary/aromatic N) is 4. The Labute approximate surface area is 169 Å². The van der Waals surface area contributed by atoms with E-state index in [9.17, 15) is 13.2 Å². The highest BCUT2D eigenvalue weighted by atomic mass is 32.2. The van der Waals surface area contributed by atoms with E-state index in [1.165, 1.54) is 21.3 Å². The van der Waals surface area contributed by atoms with Crippen LogP contribution in [0.25, 0.3) is 5.82 Å². The molecule has 3 heterocycles. The average Bonchev–Trinajstić information content (AvgIpc) is 3.39. The maximum atomic E-state index is 12.8. The van der Waals surface area contributed by atoms with Crippen LogP contribution in [0, 0.1) is 0 Å². The van der Waals surface area contributed by atoms with Gasteiger partial charge in [-0.15, -0.1) is 0 Å². The minimum absolute atomic E-state index is 0.0423. The predicted molar refractivity (Wildman–Crippen MR) is 108 cm³/mol. The van der Waals surface area contributed by atoms with Gasteiger partial charge in [-0.25, -0.2) is 18.1 Å². The first kappa shape index (κ1) is 19.5. The Kier molecular flexibility index (Phi) is 5.33. The number of rotatable bonds is 6. The Morgan fingerprint density at radius 1 is 1.21 bits per heavy atom. The maximum absolute atomic E-state index is 12.8. The van der Waals surface area contributed by atoms with E-state index >= 15 is 0 Å². The minimum Gasteiger partial charge on any atom is -0.296 e. The van der Waals surface area contributed by atoms with Crippen molar-refractivity contribution in [2.24, 2.45) is 0 Å². The lowest BCUT2D eigenvalue weighted by Gasteiger charge is -2.23. The fraction of sp³-hybridized carbons (Fsp3) is 0.350. The van der Waals surface area contributed by atoms with Gasteiger partial charge in [-0.1, -0.05) is 18.9 Å². The largest absolute Gasteiger partial charge is 0.296 e. The van der Waals surface area contributed by atoms with Gasteiger partial charge in [0.15, 0.2) is 5.82 Å². The molecule has 0 amide bonds. The number of hydrogen-bond acceptors (Lipinski definition) is 5. The molecule has 4 rings (SSSR count). The number of nitrogens with one attached hydrogen (secondary N) is 1. The van der Waals surface area contributed by atoms with Crippen molar-refractivity contribution in [1.29, 1.82) is 0 Å². The fourth-order valence-electron chi connectivity index (χ4n) is 3.71. The molecule has 0 aromatic carbocycles. The zero-order chi connectivity index (χ0) is 20.4. The number of sulfonamides is 1. The number of aromatic nitrogens is 4. The molecule has 1 saturated carbocycles. The van der Waals surface area contributed by atoms with Crippen LogP contribution in [0.1, 0.15) is 36.8 Å². The third-order valence-electron chi connectivity index (χ3n) is 5.43. The summed E-state index contributed by atoms with van der Waals surface area (Å²) in [6.45, 7) is 0. The van der Waals surface area contributed by atoms with Gasteiger partial charge in [0.2, 0.25) is 10.0 Å². The van der Waals surface area contributed by atoms with Crippen molar-refractivity contribution >= 4 is 10.0 Å². The molecule has 152 valence electrons. The molecule has 1 fully saturated rings. The first-order valence-corrected chi connectivity index (χ1v) is 11.0. The third-order valence-corrected chi connectivity index (χ3v) is 7.32. The molecule has 1 aliphatic rings. The van der Waals surface area contributed by atoms with Crippen LogP contribution in [-0.4, -0.2) is 45.6 Å². The van der Waals surface area contributed by atoms with Crippen molar-refractivity contribution < 1.29 is 8.42 Å². The van der Waals surface area contributed by atoms with Gasteiger partial charge in [-0.05, 0) is 36.6 Å². The lowest BCUT2D eigenvalue weighted by atomic mass is 10.1. The molecular formula is C20H23N5O3S. The van der Waals surface area contributed by atoms with E-state index in [0.717, 1.165) is 31.2 Å². The number of hydrogen-bond donors (Lipinski definition) is 1. The van der Waals surface area contributed by atoms with Gasteiger partial charge < -0.3 is 0 Å². The van der Waals surface area contributed by atoms with Crippen LogP contribution in [-0.2, 0) is 16.4 Å². The molecule has 0 aliphatic heterocycles. The molecule has 1 N–H and O–H groups in total. The zero-order valence-corrected chi connectivity index (χ0v) is 17.0. The van der Waals surface area contributed by atoms with Crippen molar-refractivity contribution in [3.8, 4) is 5.82 Å². The molecule has 8 nitrogen and oxygen atoms in total. The Morgan fingerprint density at radius 2 is 2.00 bits per heavy atom. The molecular weight excluding hydrogens is 390 g/mol. The van der Waals surface area contributed by atoms with Crippen molar-refractivity contribution in [3.05, 3.63) is 70.5 Å². The predicted octanol–water partition coefficient (Wildman–Crippen LogP) is 2.11. The summed E-state index contributed by atoms with van der Waals surface area (Å²) >= 11 is 0. The summed E-state index contributed by atoms with van der Waals surface area (Å²) in [7, 11) is -1.98. The Hall–Kier alpha value is -2.78. The molecule has 0 radical (unpaired) electrons. The topological polar surface area (TPSA) is 101 Å². The molecule has 3 aromatic rings. The molecule has 0 unspecified atom stereocenters. The summed E-state index contributed by atoms with van der Waals surface area (Å²) in [5, 5.41) is 2.90. The van der Waals surface area contributed by atoms with Gasteiger partial charge in [0.1, 0.15) is 4.90 Å². The molecule has 29 heavy (non-hydrogen) atoms. The molecule has 0 spiro atoms. The van der Waals surface area contributed by atoms with E-state index in [4.69, 9.17) is 0 Å². The number of pyridine rings is 2. The van der Waals surface area contributed by atoms with E-state index in [0.29, 0.717) is 17.8 Å². The Bertz CT molecular complexity index is 1130. The summed E-state index contributed by atoms with van der Waals surface area (Å²) in [5.41, 5.74) is 1.29. The summed E-state index contributed by atoms with van der Waals surface area (Å²) in [6.07, 6.45) is 10.7. The molecule has 3 aromatic heterocycles. The number of H-pyrrole nitrogens is 1. The molecule has 1 aliphatic carbocycles. The minimum atomic E-state index is -3.60. The zero-order valence-electron chi connectivity index (χ0n) is 16.2. The van der Waals surface area contributed by atoms with E-state index in [-0.39, 0.29) is 16.5 Å². The monoisotopic (exact) mass is 413 g/mol. The lowest BCUT2D eigenvalue weighted by Crippen LogP contribution is -2.35. The van der Waals surface area contributed by atoms with Crippen LogP contribution in [0.15, 0.2) is 58.7 Å². The van der Waals surface area contributed by atoms with Gasteiger partial charge in [-0.2, -0.15) is 4.31 Å². The second-order valence-corrected chi connectivity index (χ2v) is 9.29. The van der Waals surface area contributed by atoms with Gasteiger partial charge >= 0.3 is 0 Å². The SMILES string of the molecule is CN(C1CCCC1)S(=O)(=O)c1ccc(-n2[nH]cc(Cc3cccnc3)c2=O)nc1. The summed E-state index contributed by atoms with van der Waals surface area (Å²) < 4.78 is 28.4. The van der Waals surface area contributed by atoms with Crippen LogP contribution in [0.2, 0.25) is 0 Å². The average molecular weight is 414 g/mol. The highest BCUT2D eigenvalue weighted by molar-refractivity contribution is 7.89. The quantitative estimate of drug-likeness (QED) is 0.667. The molecule has 0 bridgehead atoms. The van der Waals surface area contributed by atoms with Gasteiger partial charge in [0, 0.05) is 49.9 Å². The molecule has 0 atom stereocenters. The van der Waals surface area contributed by atoms with Crippen LogP contribution in [0.3, 0.4) is 0 Å². The highest BCUT2D eigenvalue weighted by Crippen LogP contribution is 2.27. The molecule has 0 saturated heterocycles. The Morgan fingerprint density at radius 3 is 2.66 bits per heavy atom. The normalized spacial score (nSPS) is 15.2. The van der Waals surface area contributed by atoms with Crippen molar-refractivity contribution in [2.45, 2.75) is 43.0 Å². The number of aromatic amines is 1. The summed E-state index contributed by atoms with van der Waals surface area (Å²) in [4.78, 5) is 21.1. The molecule has 9 heteroatoms. The Balaban J connectivity index is 1.56. The second-order valence-electron chi connectivity index (χ2n) is 7.29. The van der Waals surface area contributed by atoms with E-state index < -0.39 is 10.0 Å². The van der Waals surface area contributed by atoms with Gasteiger partial charge in [0.25, 0.3) is 5.56 Å². The van der Waals surface area contributed by atoms with Crippen molar-refractivity contribution in [3.63, 3.8) is 0 Å². The van der Waals surface area contributed by atoms with Crippen LogP contribution < -0.4 is 5.56 Å². The van der Waals surface area contributed by atoms with E-state index in [1.54, 1.807) is 31.7 Å². The highest BCUT2D eigenvalue weighted by Gasteiger charge is 2.30. The smallest absolute Gasteiger partial charge is 0.276 e. The van der Waals surface area contributed by atoms with Crippen LogP contribution >= 0.6 is 0 Å². The van der Waals surface area contributed by atoms with Gasteiger partial charge in [0.05, 0.1) is 0 Å². The lowest BCUT2D eigenvalue weighted by molar-refractivity contribution is 0.373. The standard InChI is InChI=1S/C20H23N5O3S/c1-24(17-6-2-3-7-17)29(27,28)18-8-9-19(22-14-18)25-20(26)16(13-23-25)11-15-5-4-10-21-12-15/h4-5,8-10,12-14,17,23H,2-3,6-7,11H2,1H3. The van der Waals surface area contributed by atoms with Crippen LogP contribution in [0.5, 0.6) is 0 Å². The first-order chi connectivity index (χ1) is 14.0. The van der Waals surface area contributed by atoms with Crippen molar-refractivity contribution in [1.82, 2.24) is 24.1 Å². The van der Waals surface area contributed by atoms with Gasteiger partial charge in [-0.3, -0.25) is 14.9 Å². The van der Waals surface area contributed by atoms with Crippen LogP contribution in [0.4, 0.5) is 0 Å². The summed E-state index contributed by atoms with van der Waals surface area (Å²) in [5.74, 6) is 0.343. The van der Waals surface area contributed by atoms with Crippen molar-refractivity contribution in [2.75, 3.05) is 7.05 Å². The van der Waals surface area contributed by atoms with E-state index in [1.807, 2.05) is 12.1 Å². The van der Waals surface area contributed by atoms with E-state index in [2.05, 4.69) is 15.1 Å². The second kappa shape index (κ2) is 7.92. The fourth-order valence-corrected chi connectivity index (χ4v) is 5.08. The first-order valence-electron chi connectivity index (χ1n) is 9.59. The summed E-state index contributed by atoms with van der Waals surface area (Å²) in [6, 6.07) is 6.81. The third kappa shape index (κ3) is 3.88. The maximum Gasteiger partial charge on any atom is 0.276 e.